The minimum atomic E-state index is -0.851. The van der Waals surface area contributed by atoms with Crippen LogP contribution in [0.15, 0.2) is 41.8 Å². The first kappa shape index (κ1) is 22.5. The van der Waals surface area contributed by atoms with Crippen LogP contribution in [0.3, 0.4) is 0 Å². The molecule has 1 aliphatic carbocycles. The van der Waals surface area contributed by atoms with Crippen molar-refractivity contribution in [2.45, 2.75) is 63.5 Å². The van der Waals surface area contributed by atoms with E-state index in [0.717, 1.165) is 47.6 Å². The van der Waals surface area contributed by atoms with Gasteiger partial charge in [0.15, 0.2) is 0 Å². The summed E-state index contributed by atoms with van der Waals surface area (Å²) in [5.74, 6) is -0.776. The van der Waals surface area contributed by atoms with Gasteiger partial charge in [-0.2, -0.15) is 5.01 Å². The molecule has 1 aromatic heterocycles. The smallest absolute Gasteiger partial charge is 0.322 e. The van der Waals surface area contributed by atoms with Gasteiger partial charge in [0.2, 0.25) is 0 Å². The Kier molecular flexibility index (Phi) is 6.91. The number of hydrogen-bond donors (Lipinski definition) is 3. The van der Waals surface area contributed by atoms with Crippen LogP contribution in [0, 0.1) is 0 Å². The number of nitrogens with zero attached hydrogens (tertiary/aromatic N) is 1. The molecule has 1 aromatic carbocycles. The Balaban J connectivity index is 1.40. The van der Waals surface area contributed by atoms with Gasteiger partial charge in [-0.25, -0.2) is 4.79 Å². The normalized spacial score (nSPS) is 18.6. The van der Waals surface area contributed by atoms with Gasteiger partial charge in [0, 0.05) is 4.88 Å². The zero-order valence-electron chi connectivity index (χ0n) is 18.4. The molecule has 3 N–H and O–H groups in total. The molecular weight excluding hydrogens is 424 g/mol. The van der Waals surface area contributed by atoms with Crippen molar-refractivity contribution in [1.29, 1.82) is 0 Å². The van der Waals surface area contributed by atoms with Crippen LogP contribution in [-0.4, -0.2) is 34.9 Å². The number of carbonyl (C=O) groups is 3. The average Bonchev–Trinajstić information content (AvgIpc) is 3.40. The lowest BCUT2D eigenvalue weighted by Gasteiger charge is -2.30. The number of urea groups is 1. The largest absolute Gasteiger partial charge is 0.344 e. The van der Waals surface area contributed by atoms with Gasteiger partial charge in [0.25, 0.3) is 11.8 Å². The minimum absolute atomic E-state index is 0.0245. The highest BCUT2D eigenvalue weighted by molar-refractivity contribution is 7.10. The van der Waals surface area contributed by atoms with E-state index in [4.69, 9.17) is 0 Å². The van der Waals surface area contributed by atoms with Crippen molar-refractivity contribution >= 4 is 29.2 Å². The highest BCUT2D eigenvalue weighted by atomic mass is 32.1. The summed E-state index contributed by atoms with van der Waals surface area (Å²) in [6.07, 6.45) is 6.23. The molecule has 0 bridgehead atoms. The average molecular weight is 455 g/mol. The third-order valence-electron chi connectivity index (χ3n) is 6.25. The number of rotatable bonds is 8. The molecule has 4 amide bonds. The van der Waals surface area contributed by atoms with Gasteiger partial charge >= 0.3 is 6.03 Å². The maximum atomic E-state index is 12.9. The summed E-state index contributed by atoms with van der Waals surface area (Å²) in [5, 5.41) is 8.96. The number of amides is 4. The van der Waals surface area contributed by atoms with Gasteiger partial charge < -0.3 is 5.32 Å². The lowest BCUT2D eigenvalue weighted by Crippen LogP contribution is -2.52. The van der Waals surface area contributed by atoms with Crippen LogP contribution in [0.25, 0.3) is 0 Å². The van der Waals surface area contributed by atoms with Gasteiger partial charge in [-0.3, -0.25) is 20.3 Å². The number of benzene rings is 1. The van der Waals surface area contributed by atoms with Crippen molar-refractivity contribution in [1.82, 2.24) is 21.1 Å². The molecule has 7 nitrogen and oxygen atoms in total. The van der Waals surface area contributed by atoms with E-state index < -0.39 is 17.5 Å². The standard InChI is InChI=1S/C24H30N4O3S/c1-2-7-17-9-11-18(12-10-17)21(19-8-6-15-32-19)25-16-20(29)27-28-22(30)24(26-23(28)31)13-4-3-5-14-24/h6,8-12,15,21,25H,2-5,7,13-14,16H2,1H3,(H,26,31)(H,27,29). The van der Waals surface area contributed by atoms with E-state index in [1.165, 1.54) is 5.56 Å². The lowest BCUT2D eigenvalue weighted by atomic mass is 9.82. The zero-order valence-corrected chi connectivity index (χ0v) is 19.2. The molecule has 2 heterocycles. The summed E-state index contributed by atoms with van der Waals surface area (Å²) < 4.78 is 0. The molecule has 32 heavy (non-hydrogen) atoms. The van der Waals surface area contributed by atoms with E-state index in [9.17, 15) is 14.4 Å². The molecule has 2 aliphatic rings. The molecule has 1 atom stereocenters. The Hall–Kier alpha value is -2.71. The van der Waals surface area contributed by atoms with Crippen LogP contribution in [0.5, 0.6) is 0 Å². The van der Waals surface area contributed by atoms with E-state index >= 15 is 0 Å². The number of aryl methyl sites for hydroxylation is 1. The molecule has 1 saturated carbocycles. The fourth-order valence-electron chi connectivity index (χ4n) is 4.58. The lowest BCUT2D eigenvalue weighted by molar-refractivity contribution is -0.139. The van der Waals surface area contributed by atoms with Gasteiger partial charge in [-0.1, -0.05) is 62.9 Å². The molecule has 1 aliphatic heterocycles. The van der Waals surface area contributed by atoms with Crippen molar-refractivity contribution in [3.63, 3.8) is 0 Å². The maximum Gasteiger partial charge on any atom is 0.344 e. The van der Waals surface area contributed by atoms with Crippen LogP contribution < -0.4 is 16.1 Å². The van der Waals surface area contributed by atoms with E-state index in [-0.39, 0.29) is 18.5 Å². The highest BCUT2D eigenvalue weighted by Gasteiger charge is 2.52. The quantitative estimate of drug-likeness (QED) is 0.531. The summed E-state index contributed by atoms with van der Waals surface area (Å²) in [7, 11) is 0. The van der Waals surface area contributed by atoms with Gasteiger partial charge in [0.05, 0.1) is 12.6 Å². The third kappa shape index (κ3) is 4.71. The predicted molar refractivity (Wildman–Crippen MR) is 124 cm³/mol. The van der Waals surface area contributed by atoms with Crippen LogP contribution in [0.2, 0.25) is 0 Å². The highest BCUT2D eigenvalue weighted by Crippen LogP contribution is 2.33. The second-order valence-corrected chi connectivity index (χ2v) is 9.55. The number of nitrogens with one attached hydrogen (secondary N) is 3. The monoisotopic (exact) mass is 454 g/mol. The minimum Gasteiger partial charge on any atom is -0.322 e. The van der Waals surface area contributed by atoms with E-state index in [0.29, 0.717) is 12.8 Å². The number of hydrazine groups is 1. The van der Waals surface area contributed by atoms with Crippen molar-refractivity contribution in [3.8, 4) is 0 Å². The molecule has 0 radical (unpaired) electrons. The fourth-order valence-corrected chi connectivity index (χ4v) is 5.41. The van der Waals surface area contributed by atoms with Crippen LogP contribution in [-0.2, 0) is 16.0 Å². The molecule has 4 rings (SSSR count). The van der Waals surface area contributed by atoms with Crippen molar-refractivity contribution in [3.05, 3.63) is 57.8 Å². The van der Waals surface area contributed by atoms with Crippen molar-refractivity contribution < 1.29 is 14.4 Å². The Morgan fingerprint density at radius 2 is 1.91 bits per heavy atom. The van der Waals surface area contributed by atoms with Crippen LogP contribution in [0.1, 0.15) is 67.5 Å². The number of thiophene rings is 1. The first-order valence-corrected chi connectivity index (χ1v) is 12.2. The number of hydrogen-bond acceptors (Lipinski definition) is 5. The number of carbonyl (C=O) groups excluding carboxylic acids is 3. The van der Waals surface area contributed by atoms with E-state index in [1.54, 1.807) is 11.3 Å². The maximum absolute atomic E-state index is 12.9. The van der Waals surface area contributed by atoms with Gasteiger partial charge in [-0.15, -0.1) is 11.3 Å². The van der Waals surface area contributed by atoms with Crippen LogP contribution in [0.4, 0.5) is 4.79 Å². The topological polar surface area (TPSA) is 90.5 Å². The van der Waals surface area contributed by atoms with Gasteiger partial charge in [-0.05, 0) is 41.8 Å². The molecule has 1 unspecified atom stereocenters. The first-order chi connectivity index (χ1) is 15.5. The Morgan fingerprint density at radius 3 is 2.56 bits per heavy atom. The summed E-state index contributed by atoms with van der Waals surface area (Å²) in [4.78, 5) is 39.0. The van der Waals surface area contributed by atoms with Crippen molar-refractivity contribution in [2.24, 2.45) is 0 Å². The molecule has 2 aromatic rings. The molecule has 1 spiro atoms. The van der Waals surface area contributed by atoms with E-state index in [1.807, 2.05) is 17.5 Å². The number of imide groups is 1. The molecule has 2 fully saturated rings. The third-order valence-corrected chi connectivity index (χ3v) is 7.19. The summed E-state index contributed by atoms with van der Waals surface area (Å²) in [6, 6.07) is 11.7. The second-order valence-electron chi connectivity index (χ2n) is 8.57. The zero-order chi connectivity index (χ0) is 22.6. The summed E-state index contributed by atoms with van der Waals surface area (Å²) in [6.45, 7) is 2.13. The summed E-state index contributed by atoms with van der Waals surface area (Å²) in [5.41, 5.74) is 4.00. The fraction of sp³-hybridized carbons (Fsp3) is 0.458. The predicted octanol–water partition coefficient (Wildman–Crippen LogP) is 3.67. The SMILES string of the molecule is CCCc1ccc(C(NCC(=O)NN2C(=O)NC3(CCCCC3)C2=O)c2cccs2)cc1. The molecule has 170 valence electrons. The molecular formula is C24H30N4O3S. The molecule has 1 saturated heterocycles. The summed E-state index contributed by atoms with van der Waals surface area (Å²) >= 11 is 1.62. The van der Waals surface area contributed by atoms with E-state index in [2.05, 4.69) is 47.2 Å². The first-order valence-electron chi connectivity index (χ1n) is 11.3. The van der Waals surface area contributed by atoms with Gasteiger partial charge in [0.1, 0.15) is 5.54 Å². The molecule has 8 heteroatoms. The second kappa shape index (κ2) is 9.83. The Bertz CT molecular complexity index is 952. The van der Waals surface area contributed by atoms with Crippen molar-refractivity contribution in [2.75, 3.05) is 6.54 Å². The Morgan fingerprint density at radius 1 is 1.16 bits per heavy atom. The van der Waals surface area contributed by atoms with Crippen LogP contribution >= 0.6 is 11.3 Å². The Labute approximate surface area is 192 Å².